The number of nitrogens with two attached hydrogens (primary N) is 1. The van der Waals surface area contributed by atoms with Crippen molar-refractivity contribution >= 4 is 5.78 Å². The van der Waals surface area contributed by atoms with Crippen molar-refractivity contribution in [3.63, 3.8) is 0 Å². The molecule has 0 fully saturated rings. The van der Waals surface area contributed by atoms with Crippen molar-refractivity contribution in [1.82, 2.24) is 0 Å². The summed E-state index contributed by atoms with van der Waals surface area (Å²) in [5.74, 6) is 0.196. The zero-order chi connectivity index (χ0) is 8.91. The predicted molar refractivity (Wildman–Crippen MR) is 47.4 cm³/mol. The number of Topliss-reactive ketones (excluding diaryl/α,β-unsaturated/α-hetero) is 1. The summed E-state index contributed by atoms with van der Waals surface area (Å²) in [5, 5.41) is 0. The molecule has 11 heavy (non-hydrogen) atoms. The van der Waals surface area contributed by atoms with E-state index in [2.05, 4.69) is 0 Å². The fourth-order valence-corrected chi connectivity index (χ4v) is 1.17. The summed E-state index contributed by atoms with van der Waals surface area (Å²) < 4.78 is 0. The summed E-state index contributed by atoms with van der Waals surface area (Å²) in [7, 11) is 0. The van der Waals surface area contributed by atoms with Crippen molar-refractivity contribution in [3.8, 4) is 0 Å². The standard InChI is InChI=1S/C9H19NO/c1-4-6-8(11)9(3,10)7-5-2/h4-7,10H2,1-3H3. The van der Waals surface area contributed by atoms with Crippen LogP contribution in [0.15, 0.2) is 0 Å². The summed E-state index contributed by atoms with van der Waals surface area (Å²) in [4.78, 5) is 11.3. The molecule has 0 amide bonds. The first-order chi connectivity index (χ1) is 5.04. The van der Waals surface area contributed by atoms with Crippen LogP contribution in [0.3, 0.4) is 0 Å². The first kappa shape index (κ1) is 10.6. The summed E-state index contributed by atoms with van der Waals surface area (Å²) in [6, 6.07) is 0. The normalized spacial score (nSPS) is 16.0. The van der Waals surface area contributed by atoms with Gasteiger partial charge in [0.1, 0.15) is 0 Å². The van der Waals surface area contributed by atoms with Crippen molar-refractivity contribution in [2.45, 2.75) is 52.0 Å². The van der Waals surface area contributed by atoms with Gasteiger partial charge in [0, 0.05) is 6.42 Å². The molecule has 0 radical (unpaired) electrons. The summed E-state index contributed by atoms with van der Waals surface area (Å²) in [6.07, 6.45) is 3.29. The van der Waals surface area contributed by atoms with Crippen LogP contribution in [-0.2, 0) is 4.79 Å². The molecule has 0 aromatic carbocycles. The Bertz CT molecular complexity index is 130. The first-order valence-corrected chi connectivity index (χ1v) is 4.36. The molecule has 0 heterocycles. The molecule has 0 saturated heterocycles. The van der Waals surface area contributed by atoms with Crippen molar-refractivity contribution in [3.05, 3.63) is 0 Å². The van der Waals surface area contributed by atoms with E-state index in [0.29, 0.717) is 6.42 Å². The molecule has 0 saturated carbocycles. The summed E-state index contributed by atoms with van der Waals surface area (Å²) in [6.45, 7) is 5.87. The Morgan fingerprint density at radius 3 is 2.27 bits per heavy atom. The molecular weight excluding hydrogens is 138 g/mol. The lowest BCUT2D eigenvalue weighted by molar-refractivity contribution is -0.123. The van der Waals surface area contributed by atoms with E-state index < -0.39 is 5.54 Å². The molecule has 0 aromatic heterocycles. The van der Waals surface area contributed by atoms with Gasteiger partial charge < -0.3 is 5.73 Å². The van der Waals surface area contributed by atoms with Gasteiger partial charge in [0.2, 0.25) is 0 Å². The SMILES string of the molecule is CCCC(=O)C(C)(N)CCC. The third kappa shape index (κ3) is 3.51. The van der Waals surface area contributed by atoms with Crippen LogP contribution in [0.5, 0.6) is 0 Å². The molecular formula is C9H19NO. The minimum Gasteiger partial charge on any atom is -0.319 e. The summed E-state index contributed by atoms with van der Waals surface area (Å²) >= 11 is 0. The number of carbonyl (C=O) groups is 1. The third-order valence-corrected chi connectivity index (χ3v) is 1.88. The minimum absolute atomic E-state index is 0.196. The van der Waals surface area contributed by atoms with Gasteiger partial charge in [-0.25, -0.2) is 0 Å². The van der Waals surface area contributed by atoms with Crippen LogP contribution in [0.4, 0.5) is 0 Å². The topological polar surface area (TPSA) is 43.1 Å². The number of carbonyl (C=O) groups excluding carboxylic acids is 1. The second-order valence-corrected chi connectivity index (χ2v) is 3.34. The Labute approximate surface area is 69.2 Å². The highest BCUT2D eigenvalue weighted by Crippen LogP contribution is 2.12. The monoisotopic (exact) mass is 157 g/mol. The molecule has 0 aliphatic heterocycles. The van der Waals surface area contributed by atoms with Gasteiger partial charge in [0.05, 0.1) is 5.54 Å². The molecule has 0 bridgehead atoms. The van der Waals surface area contributed by atoms with Gasteiger partial charge in [-0.1, -0.05) is 20.3 Å². The molecule has 2 nitrogen and oxygen atoms in total. The molecule has 0 aromatic rings. The highest BCUT2D eigenvalue weighted by Gasteiger charge is 2.25. The Morgan fingerprint density at radius 1 is 1.36 bits per heavy atom. The number of hydrogen-bond acceptors (Lipinski definition) is 2. The molecule has 0 rings (SSSR count). The third-order valence-electron chi connectivity index (χ3n) is 1.88. The van der Waals surface area contributed by atoms with E-state index in [1.807, 2.05) is 20.8 Å². The maximum absolute atomic E-state index is 11.3. The van der Waals surface area contributed by atoms with Crippen molar-refractivity contribution < 1.29 is 4.79 Å². The van der Waals surface area contributed by atoms with E-state index in [1.165, 1.54) is 0 Å². The van der Waals surface area contributed by atoms with Gasteiger partial charge in [-0.05, 0) is 19.8 Å². The second kappa shape index (κ2) is 4.50. The smallest absolute Gasteiger partial charge is 0.152 e. The average molecular weight is 157 g/mol. The quantitative estimate of drug-likeness (QED) is 0.662. The zero-order valence-electron chi connectivity index (χ0n) is 7.81. The van der Waals surface area contributed by atoms with Crippen molar-refractivity contribution in [2.24, 2.45) is 5.73 Å². The highest BCUT2D eigenvalue weighted by molar-refractivity contribution is 5.87. The van der Waals surface area contributed by atoms with Gasteiger partial charge >= 0.3 is 0 Å². The van der Waals surface area contributed by atoms with E-state index >= 15 is 0 Å². The van der Waals surface area contributed by atoms with E-state index in [9.17, 15) is 4.79 Å². The Kier molecular flexibility index (Phi) is 4.34. The van der Waals surface area contributed by atoms with Gasteiger partial charge in [0.15, 0.2) is 5.78 Å². The molecule has 1 atom stereocenters. The minimum atomic E-state index is -0.579. The van der Waals surface area contributed by atoms with Crippen LogP contribution in [0.2, 0.25) is 0 Å². The largest absolute Gasteiger partial charge is 0.319 e. The lowest BCUT2D eigenvalue weighted by Crippen LogP contribution is -2.44. The van der Waals surface area contributed by atoms with Crippen molar-refractivity contribution in [2.75, 3.05) is 0 Å². The van der Waals surface area contributed by atoms with Gasteiger partial charge in [0.25, 0.3) is 0 Å². The van der Waals surface area contributed by atoms with Crippen LogP contribution in [-0.4, -0.2) is 11.3 Å². The lowest BCUT2D eigenvalue weighted by Gasteiger charge is -2.21. The second-order valence-electron chi connectivity index (χ2n) is 3.34. The lowest BCUT2D eigenvalue weighted by atomic mass is 9.90. The van der Waals surface area contributed by atoms with Crippen LogP contribution >= 0.6 is 0 Å². The van der Waals surface area contributed by atoms with Crippen molar-refractivity contribution in [1.29, 1.82) is 0 Å². The van der Waals surface area contributed by atoms with Gasteiger partial charge in [-0.2, -0.15) is 0 Å². The molecule has 0 spiro atoms. The Balaban J connectivity index is 3.94. The van der Waals surface area contributed by atoms with E-state index in [1.54, 1.807) is 0 Å². The summed E-state index contributed by atoms with van der Waals surface area (Å²) in [5.41, 5.74) is 5.23. The van der Waals surface area contributed by atoms with E-state index in [0.717, 1.165) is 19.3 Å². The van der Waals surface area contributed by atoms with Gasteiger partial charge in [-0.15, -0.1) is 0 Å². The Morgan fingerprint density at radius 2 is 1.91 bits per heavy atom. The Hall–Kier alpha value is -0.370. The molecule has 0 aliphatic carbocycles. The predicted octanol–water partition coefficient (Wildman–Crippen LogP) is 1.87. The fourth-order valence-electron chi connectivity index (χ4n) is 1.17. The van der Waals surface area contributed by atoms with Crippen LogP contribution in [0.1, 0.15) is 46.5 Å². The molecule has 1 unspecified atom stereocenters. The highest BCUT2D eigenvalue weighted by atomic mass is 16.1. The maximum atomic E-state index is 11.3. The maximum Gasteiger partial charge on any atom is 0.152 e. The molecule has 2 N–H and O–H groups in total. The fraction of sp³-hybridized carbons (Fsp3) is 0.889. The van der Waals surface area contributed by atoms with Crippen LogP contribution < -0.4 is 5.73 Å². The van der Waals surface area contributed by atoms with E-state index in [4.69, 9.17) is 5.73 Å². The average Bonchev–Trinajstić information content (AvgIpc) is 1.88. The number of hydrogen-bond donors (Lipinski definition) is 1. The first-order valence-electron chi connectivity index (χ1n) is 4.36. The molecule has 2 heteroatoms. The van der Waals surface area contributed by atoms with Crippen LogP contribution in [0.25, 0.3) is 0 Å². The van der Waals surface area contributed by atoms with E-state index in [-0.39, 0.29) is 5.78 Å². The van der Waals surface area contributed by atoms with Crippen LogP contribution in [0, 0.1) is 0 Å². The number of ketones is 1. The zero-order valence-corrected chi connectivity index (χ0v) is 7.81. The molecule has 66 valence electrons. The van der Waals surface area contributed by atoms with Gasteiger partial charge in [-0.3, -0.25) is 4.79 Å². The number of rotatable bonds is 5. The molecule has 0 aliphatic rings.